The van der Waals surface area contributed by atoms with Crippen molar-refractivity contribution in [3.8, 4) is 12.3 Å². The molecule has 1 rings (SSSR count). The van der Waals surface area contributed by atoms with Crippen LogP contribution >= 0.6 is 0 Å². The minimum absolute atomic E-state index is 0.0166. The number of rotatable bonds is 7. The Morgan fingerprint density at radius 3 is 2.19 bits per heavy atom. The Kier molecular flexibility index (Phi) is 6.04. The van der Waals surface area contributed by atoms with E-state index >= 15 is 0 Å². The van der Waals surface area contributed by atoms with Crippen LogP contribution in [0.15, 0.2) is 16.5 Å². The molecule has 1 heterocycles. The van der Waals surface area contributed by atoms with E-state index in [-0.39, 0.29) is 26.1 Å². The Morgan fingerprint density at radius 1 is 1.24 bits per heavy atom. The van der Waals surface area contributed by atoms with E-state index in [4.69, 9.17) is 20.3 Å². The zero-order valence-corrected chi connectivity index (χ0v) is 12.6. The van der Waals surface area contributed by atoms with E-state index in [0.29, 0.717) is 11.5 Å². The molecule has 0 atom stereocenters. The summed E-state index contributed by atoms with van der Waals surface area (Å²) in [6.07, 6.45) is 5.26. The van der Waals surface area contributed by atoms with E-state index in [1.165, 1.54) is 0 Å². The van der Waals surface area contributed by atoms with Gasteiger partial charge in [0, 0.05) is 12.8 Å². The minimum Gasteiger partial charge on any atom is -0.466 e. The van der Waals surface area contributed by atoms with Crippen molar-refractivity contribution in [2.45, 2.75) is 33.6 Å². The topological polar surface area (TPSA) is 65.7 Å². The standard InChI is InChI=1S/C16H20O5/c1-5-10-16(14(17)19-6-2,15(18)20-7-3)11-13-9-8-12(4)21-13/h1,8-9H,6-7,10-11H2,2-4H3. The predicted octanol–water partition coefficient (Wildman–Crippen LogP) is 2.27. The van der Waals surface area contributed by atoms with Gasteiger partial charge in [0.1, 0.15) is 11.5 Å². The highest BCUT2D eigenvalue weighted by atomic mass is 16.6. The molecule has 0 aromatic carbocycles. The third kappa shape index (κ3) is 3.88. The summed E-state index contributed by atoms with van der Waals surface area (Å²) in [7, 11) is 0. The first kappa shape index (κ1) is 16.8. The first-order chi connectivity index (χ1) is 10.00. The molecule has 0 fully saturated rings. The average Bonchev–Trinajstić information content (AvgIpc) is 2.84. The third-order valence-electron chi connectivity index (χ3n) is 3.01. The summed E-state index contributed by atoms with van der Waals surface area (Å²) in [6, 6.07) is 3.46. The Balaban J connectivity index is 3.19. The second-order valence-electron chi connectivity index (χ2n) is 4.59. The molecule has 1 aromatic heterocycles. The quantitative estimate of drug-likeness (QED) is 0.438. The molecule has 1 aromatic rings. The number of esters is 2. The van der Waals surface area contributed by atoms with Gasteiger partial charge in [-0.25, -0.2) is 0 Å². The first-order valence-electron chi connectivity index (χ1n) is 6.83. The molecular formula is C16H20O5. The van der Waals surface area contributed by atoms with Gasteiger partial charge in [-0.05, 0) is 32.9 Å². The highest BCUT2D eigenvalue weighted by molar-refractivity contribution is 6.00. The predicted molar refractivity (Wildman–Crippen MR) is 76.3 cm³/mol. The van der Waals surface area contributed by atoms with Gasteiger partial charge in [0.15, 0.2) is 5.41 Å². The molecule has 0 unspecified atom stereocenters. The number of terminal acetylenes is 1. The van der Waals surface area contributed by atoms with Crippen LogP contribution in [0.25, 0.3) is 0 Å². The summed E-state index contributed by atoms with van der Waals surface area (Å²) in [6.45, 7) is 5.42. The largest absolute Gasteiger partial charge is 0.466 e. The molecule has 0 radical (unpaired) electrons. The zero-order valence-electron chi connectivity index (χ0n) is 12.6. The molecule has 0 amide bonds. The summed E-state index contributed by atoms with van der Waals surface area (Å²) in [5.41, 5.74) is -1.56. The average molecular weight is 292 g/mol. The molecule has 0 saturated heterocycles. The van der Waals surface area contributed by atoms with Crippen LogP contribution in [0.5, 0.6) is 0 Å². The first-order valence-corrected chi connectivity index (χ1v) is 6.83. The second-order valence-corrected chi connectivity index (χ2v) is 4.59. The Bertz CT molecular complexity index is 517. The maximum atomic E-state index is 12.3. The highest BCUT2D eigenvalue weighted by Gasteiger charge is 2.49. The van der Waals surface area contributed by atoms with Gasteiger partial charge in [0.2, 0.25) is 0 Å². The van der Waals surface area contributed by atoms with Crippen molar-refractivity contribution >= 4 is 11.9 Å². The highest BCUT2D eigenvalue weighted by Crippen LogP contribution is 2.31. The van der Waals surface area contributed by atoms with Gasteiger partial charge in [-0.2, -0.15) is 0 Å². The number of aryl methyl sites for hydroxylation is 1. The number of furan rings is 1. The summed E-state index contributed by atoms with van der Waals surface area (Å²) >= 11 is 0. The third-order valence-corrected chi connectivity index (χ3v) is 3.01. The van der Waals surface area contributed by atoms with Gasteiger partial charge in [-0.3, -0.25) is 9.59 Å². The Hall–Kier alpha value is -2.22. The van der Waals surface area contributed by atoms with Crippen molar-refractivity contribution in [3.05, 3.63) is 23.7 Å². The van der Waals surface area contributed by atoms with E-state index in [9.17, 15) is 9.59 Å². The molecular weight excluding hydrogens is 272 g/mol. The lowest BCUT2D eigenvalue weighted by Crippen LogP contribution is -2.43. The monoisotopic (exact) mass is 292 g/mol. The van der Waals surface area contributed by atoms with Gasteiger partial charge in [0.25, 0.3) is 0 Å². The maximum absolute atomic E-state index is 12.3. The molecule has 5 heteroatoms. The van der Waals surface area contributed by atoms with Crippen LogP contribution in [0, 0.1) is 24.7 Å². The van der Waals surface area contributed by atoms with Crippen molar-refractivity contribution < 1.29 is 23.5 Å². The van der Waals surface area contributed by atoms with Crippen molar-refractivity contribution in [2.75, 3.05) is 13.2 Å². The summed E-state index contributed by atoms with van der Waals surface area (Å²) in [5, 5.41) is 0. The van der Waals surface area contributed by atoms with E-state index in [0.717, 1.165) is 0 Å². The fourth-order valence-electron chi connectivity index (χ4n) is 2.02. The normalized spacial score (nSPS) is 10.8. The second kappa shape index (κ2) is 7.53. The van der Waals surface area contributed by atoms with Crippen molar-refractivity contribution in [3.63, 3.8) is 0 Å². The van der Waals surface area contributed by atoms with Crippen LogP contribution in [0.1, 0.15) is 31.8 Å². The molecule has 0 aliphatic carbocycles. The summed E-state index contributed by atoms with van der Waals surface area (Å²) in [4.78, 5) is 24.6. The minimum atomic E-state index is -1.56. The molecule has 0 spiro atoms. The van der Waals surface area contributed by atoms with Gasteiger partial charge >= 0.3 is 11.9 Å². The number of hydrogen-bond acceptors (Lipinski definition) is 5. The number of carbonyl (C=O) groups is 2. The lowest BCUT2D eigenvalue weighted by Gasteiger charge is -2.26. The van der Waals surface area contributed by atoms with Gasteiger partial charge in [-0.15, -0.1) is 12.3 Å². The zero-order chi connectivity index (χ0) is 15.9. The molecule has 21 heavy (non-hydrogen) atoms. The Labute approximate surface area is 124 Å². The molecule has 0 aliphatic rings. The van der Waals surface area contributed by atoms with Gasteiger partial charge in [0.05, 0.1) is 13.2 Å². The van der Waals surface area contributed by atoms with E-state index in [1.54, 1.807) is 32.9 Å². The maximum Gasteiger partial charge on any atom is 0.324 e. The lowest BCUT2D eigenvalue weighted by atomic mass is 9.80. The van der Waals surface area contributed by atoms with Crippen molar-refractivity contribution in [1.29, 1.82) is 0 Å². The molecule has 0 aliphatic heterocycles. The van der Waals surface area contributed by atoms with Gasteiger partial charge < -0.3 is 13.9 Å². The SMILES string of the molecule is C#CCC(Cc1ccc(C)o1)(C(=O)OCC)C(=O)OCC. The fraction of sp³-hybridized carbons (Fsp3) is 0.500. The van der Waals surface area contributed by atoms with Crippen LogP contribution in [0.3, 0.4) is 0 Å². The molecule has 114 valence electrons. The van der Waals surface area contributed by atoms with Gasteiger partial charge in [-0.1, -0.05) is 0 Å². The lowest BCUT2D eigenvalue weighted by molar-refractivity contribution is -0.172. The van der Waals surface area contributed by atoms with E-state index in [2.05, 4.69) is 5.92 Å². The van der Waals surface area contributed by atoms with Crippen LogP contribution in [0.2, 0.25) is 0 Å². The Morgan fingerprint density at radius 2 is 1.81 bits per heavy atom. The summed E-state index contributed by atoms with van der Waals surface area (Å²) < 4.78 is 15.5. The summed E-state index contributed by atoms with van der Waals surface area (Å²) in [5.74, 6) is 2.18. The molecule has 0 N–H and O–H groups in total. The van der Waals surface area contributed by atoms with Crippen molar-refractivity contribution in [2.24, 2.45) is 5.41 Å². The van der Waals surface area contributed by atoms with Crippen molar-refractivity contribution in [1.82, 2.24) is 0 Å². The molecule has 5 nitrogen and oxygen atoms in total. The van der Waals surface area contributed by atoms with Crippen LogP contribution in [0.4, 0.5) is 0 Å². The fourth-order valence-corrected chi connectivity index (χ4v) is 2.02. The number of carbonyl (C=O) groups excluding carboxylic acids is 2. The molecule has 0 saturated carbocycles. The number of ether oxygens (including phenoxy) is 2. The molecule has 0 bridgehead atoms. The van der Waals surface area contributed by atoms with E-state index < -0.39 is 17.4 Å². The van der Waals surface area contributed by atoms with E-state index in [1.807, 2.05) is 0 Å². The van der Waals surface area contributed by atoms with Crippen LogP contribution in [-0.2, 0) is 25.5 Å². The van der Waals surface area contributed by atoms with Crippen LogP contribution in [-0.4, -0.2) is 25.2 Å². The van der Waals surface area contributed by atoms with Crippen LogP contribution < -0.4 is 0 Å². The smallest absolute Gasteiger partial charge is 0.324 e. The number of hydrogen-bond donors (Lipinski definition) is 0.